The van der Waals surface area contributed by atoms with Crippen LogP contribution in [0.3, 0.4) is 0 Å². The molecule has 58 heavy (non-hydrogen) atoms. The minimum absolute atomic E-state index is 0.0212. The number of rotatable bonds is 9. The summed E-state index contributed by atoms with van der Waals surface area (Å²) in [6.45, 7) is 9.50. The van der Waals surface area contributed by atoms with Crippen molar-refractivity contribution in [1.29, 1.82) is 0 Å². The van der Waals surface area contributed by atoms with Gasteiger partial charge in [0.2, 0.25) is 27.7 Å². The number of amides is 4. The van der Waals surface area contributed by atoms with Gasteiger partial charge in [-0.1, -0.05) is 26.0 Å². The zero-order valence-corrected chi connectivity index (χ0v) is 34.9. The van der Waals surface area contributed by atoms with E-state index in [1.165, 1.54) is 9.80 Å². The van der Waals surface area contributed by atoms with E-state index in [0.717, 1.165) is 18.2 Å². The largest absolute Gasteiger partial charge is 0.491 e. The van der Waals surface area contributed by atoms with Gasteiger partial charge in [-0.25, -0.2) is 18.2 Å². The Balaban J connectivity index is 1.14. The predicted molar refractivity (Wildman–Crippen MR) is 215 cm³/mol. The van der Waals surface area contributed by atoms with Gasteiger partial charge >= 0.3 is 6.09 Å². The van der Waals surface area contributed by atoms with E-state index < -0.39 is 68.2 Å². The molecule has 4 saturated carbocycles. The molecule has 10 atom stereocenters. The normalized spacial score (nSPS) is 34.7. The van der Waals surface area contributed by atoms with Crippen LogP contribution in [0.5, 0.6) is 11.6 Å². The second kappa shape index (κ2) is 15.0. The number of sulfonamides is 1. The summed E-state index contributed by atoms with van der Waals surface area (Å²) in [5, 5.41) is 15.3. The monoisotopic (exact) mass is 819 g/mol. The summed E-state index contributed by atoms with van der Waals surface area (Å²) in [4.78, 5) is 64.6. The van der Waals surface area contributed by atoms with E-state index in [2.05, 4.69) is 21.9 Å². The van der Waals surface area contributed by atoms with Crippen LogP contribution in [-0.4, -0.2) is 99.3 Å². The van der Waals surface area contributed by atoms with Gasteiger partial charge in [-0.05, 0) is 132 Å². The van der Waals surface area contributed by atoms with E-state index in [1.807, 2.05) is 57.2 Å². The molecule has 3 heterocycles. The van der Waals surface area contributed by atoms with Gasteiger partial charge < -0.3 is 24.8 Å². The van der Waals surface area contributed by atoms with E-state index in [1.54, 1.807) is 13.1 Å². The van der Waals surface area contributed by atoms with Gasteiger partial charge in [-0.15, -0.1) is 0 Å². The van der Waals surface area contributed by atoms with Crippen LogP contribution in [0.1, 0.15) is 98.8 Å². The summed E-state index contributed by atoms with van der Waals surface area (Å²) in [7, 11) is -4.01. The number of carboxylic acid groups (broad SMARTS) is 1. The van der Waals surface area contributed by atoms with Gasteiger partial charge in [0.15, 0.2) is 0 Å². The van der Waals surface area contributed by atoms with Crippen molar-refractivity contribution in [2.45, 2.75) is 139 Å². The Morgan fingerprint density at radius 1 is 1.07 bits per heavy atom. The molecule has 1 saturated heterocycles. The van der Waals surface area contributed by atoms with Crippen molar-refractivity contribution in [3.05, 3.63) is 42.6 Å². The van der Waals surface area contributed by atoms with Gasteiger partial charge in [0.05, 0.1) is 17.4 Å². The van der Waals surface area contributed by atoms with Crippen LogP contribution < -0.4 is 19.5 Å². The fraction of sp³-hybridized carbons (Fsp3) is 0.651. The molecular weight excluding hydrogens is 763 g/mol. The smallest absolute Gasteiger partial charge is 0.408 e. The molecule has 0 radical (unpaired) electrons. The fourth-order valence-corrected chi connectivity index (χ4v) is 11.2. The lowest BCUT2D eigenvalue weighted by Gasteiger charge is -2.40. The number of carbonyl (C=O) groups is 4. The van der Waals surface area contributed by atoms with Crippen molar-refractivity contribution in [3.8, 4) is 11.6 Å². The third-order valence-electron chi connectivity index (χ3n) is 13.7. The highest BCUT2D eigenvalue weighted by molar-refractivity contribution is 7.91. The van der Waals surface area contributed by atoms with Crippen LogP contribution in [0.15, 0.2) is 42.6 Å². The second-order valence-corrected chi connectivity index (χ2v) is 20.8. The SMILES string of the molecule is CC(C)Oc1ccc2c(O[C@@H]3C[C@H]4C(=O)N[C@]5(C(=O)NS(=O)(=O)C6(C)CC6)C[C@H]5/C=C\CC[C@@H](C)C[C@@H](C)[C@H](N(C(=O)O)[C@H]5CC6C[C@H]6C5)C(=O)N4C3)nccc2c1. The van der Waals surface area contributed by atoms with E-state index in [0.29, 0.717) is 67.4 Å². The average Bonchev–Trinajstić information content (AvgIpc) is 4.11. The molecule has 15 heteroatoms. The van der Waals surface area contributed by atoms with E-state index in [4.69, 9.17) is 9.47 Å². The number of pyridine rings is 1. The third kappa shape index (κ3) is 7.75. The predicted octanol–water partition coefficient (Wildman–Crippen LogP) is 5.40. The Labute approximate surface area is 340 Å². The first-order valence-corrected chi connectivity index (χ1v) is 22.6. The highest BCUT2D eigenvalue weighted by Gasteiger charge is 2.63. The highest BCUT2D eigenvalue weighted by atomic mass is 32.2. The number of aromatic nitrogens is 1. The Morgan fingerprint density at radius 3 is 2.50 bits per heavy atom. The Kier molecular flexibility index (Phi) is 10.4. The Morgan fingerprint density at radius 2 is 1.81 bits per heavy atom. The molecule has 0 spiro atoms. The maximum atomic E-state index is 15.3. The maximum absolute atomic E-state index is 15.3. The van der Waals surface area contributed by atoms with Crippen LogP contribution in [0.2, 0.25) is 0 Å². The number of benzene rings is 1. The standard InChI is InChI=1S/C43H57N5O9S/c1-24(2)56-32-10-11-34-27(20-32)12-15-44-38(34)57-33-21-35-37(49)45-43(40(51)46-58(54,55)42(5)13-14-42)22-30(43)9-7-6-8-25(3)16-26(4)36(39(50)47(35)23-33)48(41(52)53)31-18-28-17-29(28)19-31/h7,9-12,15,20,24-26,28-31,33,35-36H,6,8,13-14,16-19,21-23H2,1-5H3,(H,45,49)(H,46,51)(H,52,53)/b9-7-/t25-,26-,28+,29?,30-,31-,33-,35+,36+,43-/m1/s1. The molecule has 2 aliphatic heterocycles. The Hall–Kier alpha value is -4.40. The van der Waals surface area contributed by atoms with Crippen LogP contribution >= 0.6 is 0 Å². The van der Waals surface area contributed by atoms with Crippen molar-refractivity contribution < 1.29 is 42.2 Å². The van der Waals surface area contributed by atoms with Gasteiger partial charge in [0.25, 0.3) is 5.91 Å². The summed E-state index contributed by atoms with van der Waals surface area (Å²) in [6.07, 6.45) is 9.22. The van der Waals surface area contributed by atoms with Crippen LogP contribution in [-0.2, 0) is 24.4 Å². The van der Waals surface area contributed by atoms with E-state index >= 15 is 4.79 Å². The zero-order chi connectivity index (χ0) is 41.3. The molecule has 314 valence electrons. The van der Waals surface area contributed by atoms with Crippen molar-refractivity contribution in [2.24, 2.45) is 29.6 Å². The number of hydrogen-bond donors (Lipinski definition) is 3. The lowest BCUT2D eigenvalue weighted by Crippen LogP contribution is -2.61. The van der Waals surface area contributed by atoms with Crippen LogP contribution in [0, 0.1) is 29.6 Å². The van der Waals surface area contributed by atoms with E-state index in [9.17, 15) is 27.9 Å². The molecule has 14 nitrogen and oxygen atoms in total. The quantitative estimate of drug-likeness (QED) is 0.277. The topological polar surface area (TPSA) is 185 Å². The number of nitrogens with zero attached hydrogens (tertiary/aromatic N) is 3. The van der Waals surface area contributed by atoms with Gasteiger partial charge in [0, 0.05) is 30.0 Å². The molecule has 1 aromatic heterocycles. The number of fused-ring (bicyclic) bond motifs is 4. The first-order valence-electron chi connectivity index (χ1n) is 21.1. The maximum Gasteiger partial charge on any atom is 0.408 e. The lowest BCUT2D eigenvalue weighted by atomic mass is 9.86. The lowest BCUT2D eigenvalue weighted by molar-refractivity contribution is -0.145. The summed E-state index contributed by atoms with van der Waals surface area (Å²) >= 11 is 0. The van der Waals surface area contributed by atoms with Gasteiger partial charge in [-0.3, -0.25) is 24.0 Å². The first kappa shape index (κ1) is 40.4. The zero-order valence-electron chi connectivity index (χ0n) is 34.1. The van der Waals surface area contributed by atoms with Crippen LogP contribution in [0.4, 0.5) is 4.79 Å². The molecule has 4 aliphatic carbocycles. The van der Waals surface area contributed by atoms with Crippen molar-refractivity contribution >= 4 is 44.6 Å². The minimum Gasteiger partial charge on any atom is -0.491 e. The molecule has 1 aromatic carbocycles. The molecule has 1 unspecified atom stereocenters. The molecule has 5 fully saturated rings. The van der Waals surface area contributed by atoms with Crippen molar-refractivity contribution in [2.75, 3.05) is 6.54 Å². The number of carbonyl (C=O) groups excluding carboxylic acids is 3. The number of allylic oxidation sites excluding steroid dienone is 1. The minimum atomic E-state index is -4.01. The van der Waals surface area contributed by atoms with Crippen molar-refractivity contribution in [3.63, 3.8) is 0 Å². The number of nitrogens with one attached hydrogen (secondary N) is 2. The average molecular weight is 820 g/mol. The van der Waals surface area contributed by atoms with E-state index in [-0.39, 0.29) is 43.4 Å². The first-order chi connectivity index (χ1) is 27.5. The third-order valence-corrected chi connectivity index (χ3v) is 15.8. The summed E-state index contributed by atoms with van der Waals surface area (Å²) < 4.78 is 40.2. The number of ether oxygens (including phenoxy) is 2. The fourth-order valence-electron chi connectivity index (χ4n) is 9.91. The summed E-state index contributed by atoms with van der Waals surface area (Å²) in [5.74, 6) is -0.641. The number of hydrogen-bond acceptors (Lipinski definition) is 9. The Bertz CT molecular complexity index is 2110. The van der Waals surface area contributed by atoms with Gasteiger partial charge in [0.1, 0.15) is 29.5 Å². The molecule has 8 rings (SSSR count). The molecular formula is C43H57N5O9S. The van der Waals surface area contributed by atoms with Crippen molar-refractivity contribution in [1.82, 2.24) is 24.8 Å². The van der Waals surface area contributed by atoms with Gasteiger partial charge in [-0.2, -0.15) is 0 Å². The summed E-state index contributed by atoms with van der Waals surface area (Å²) in [6, 6.07) is 4.94. The molecule has 6 aliphatic rings. The molecule has 4 amide bonds. The molecule has 0 bridgehead atoms. The highest BCUT2D eigenvalue weighted by Crippen LogP contribution is 2.54. The van der Waals surface area contributed by atoms with Crippen LogP contribution in [0.25, 0.3) is 10.8 Å². The summed E-state index contributed by atoms with van der Waals surface area (Å²) in [5.41, 5.74) is -1.54. The molecule has 3 N–H and O–H groups in total. The second-order valence-electron chi connectivity index (χ2n) is 18.6. The molecule has 2 aromatic rings.